The standard InChI is InChI=1S/C7H5Br2F2NO/c8-2-4-6(9)5(13)1-3(12-4)7(10)11/h1,7H,2H2,(H,12,13). The van der Waals surface area contributed by atoms with Gasteiger partial charge in [0.15, 0.2) is 5.43 Å². The molecule has 1 rings (SSSR count). The molecule has 72 valence electrons. The van der Waals surface area contributed by atoms with E-state index in [0.717, 1.165) is 6.07 Å². The minimum absolute atomic E-state index is 0.286. The minimum Gasteiger partial charge on any atom is -0.356 e. The number of alkyl halides is 3. The SMILES string of the molecule is O=c1cc(C(F)F)[nH]c(CBr)c1Br. The van der Waals surface area contributed by atoms with Crippen molar-refractivity contribution >= 4 is 31.9 Å². The van der Waals surface area contributed by atoms with Crippen LogP contribution in [0.1, 0.15) is 17.8 Å². The molecular formula is C7H5Br2F2NO. The molecule has 0 aromatic carbocycles. The first-order valence-electron chi connectivity index (χ1n) is 3.32. The molecule has 2 nitrogen and oxygen atoms in total. The summed E-state index contributed by atoms with van der Waals surface area (Å²) in [6, 6.07) is 0.890. The van der Waals surface area contributed by atoms with Gasteiger partial charge in [-0.2, -0.15) is 0 Å². The molecule has 6 heteroatoms. The monoisotopic (exact) mass is 315 g/mol. The fraction of sp³-hybridized carbons (Fsp3) is 0.286. The van der Waals surface area contributed by atoms with Crippen LogP contribution in [0.15, 0.2) is 15.3 Å². The van der Waals surface area contributed by atoms with Crippen molar-refractivity contribution in [3.8, 4) is 0 Å². The van der Waals surface area contributed by atoms with Crippen LogP contribution in [-0.4, -0.2) is 4.98 Å². The molecule has 0 aliphatic carbocycles. The molecule has 0 spiro atoms. The van der Waals surface area contributed by atoms with Crippen molar-refractivity contribution in [2.75, 3.05) is 0 Å². The van der Waals surface area contributed by atoms with Crippen LogP contribution in [0.25, 0.3) is 0 Å². The second-order valence-electron chi connectivity index (χ2n) is 2.32. The number of hydrogen-bond acceptors (Lipinski definition) is 1. The Morgan fingerprint density at radius 1 is 1.54 bits per heavy atom. The zero-order chi connectivity index (χ0) is 10.0. The third-order valence-electron chi connectivity index (χ3n) is 1.43. The second kappa shape index (κ2) is 4.32. The molecule has 1 aromatic rings. The van der Waals surface area contributed by atoms with E-state index >= 15 is 0 Å². The number of aromatic amines is 1. The lowest BCUT2D eigenvalue weighted by Gasteiger charge is -2.04. The highest BCUT2D eigenvalue weighted by Gasteiger charge is 2.12. The number of H-pyrrole nitrogens is 1. The molecule has 0 saturated carbocycles. The van der Waals surface area contributed by atoms with Gasteiger partial charge in [0.25, 0.3) is 6.43 Å². The van der Waals surface area contributed by atoms with E-state index in [1.165, 1.54) is 0 Å². The Morgan fingerprint density at radius 2 is 2.15 bits per heavy atom. The number of halogens is 4. The highest BCUT2D eigenvalue weighted by atomic mass is 79.9. The minimum atomic E-state index is -2.65. The van der Waals surface area contributed by atoms with E-state index < -0.39 is 11.9 Å². The fourth-order valence-electron chi connectivity index (χ4n) is 0.828. The van der Waals surface area contributed by atoms with E-state index in [-0.39, 0.29) is 10.2 Å². The molecule has 0 bridgehead atoms. The Morgan fingerprint density at radius 3 is 2.62 bits per heavy atom. The molecule has 0 aliphatic heterocycles. The summed E-state index contributed by atoms with van der Waals surface area (Å²) in [5.74, 6) is 0. The molecular weight excluding hydrogens is 312 g/mol. The molecule has 0 atom stereocenters. The van der Waals surface area contributed by atoms with E-state index in [1.807, 2.05) is 0 Å². The molecule has 0 amide bonds. The van der Waals surface area contributed by atoms with E-state index in [9.17, 15) is 13.6 Å². The lowest BCUT2D eigenvalue weighted by atomic mass is 10.3. The topological polar surface area (TPSA) is 32.9 Å². The van der Waals surface area contributed by atoms with Gasteiger partial charge in [0.1, 0.15) is 0 Å². The Kier molecular flexibility index (Phi) is 3.61. The van der Waals surface area contributed by atoms with Gasteiger partial charge in [0.2, 0.25) is 0 Å². The van der Waals surface area contributed by atoms with Crippen molar-refractivity contribution in [1.29, 1.82) is 0 Å². The Balaban J connectivity index is 3.31. The van der Waals surface area contributed by atoms with Crippen molar-refractivity contribution in [3.05, 3.63) is 32.2 Å². The lowest BCUT2D eigenvalue weighted by molar-refractivity contribution is 0.145. The van der Waals surface area contributed by atoms with Gasteiger partial charge >= 0.3 is 0 Å². The van der Waals surface area contributed by atoms with Gasteiger partial charge in [-0.05, 0) is 15.9 Å². The number of hydrogen-bond donors (Lipinski definition) is 1. The van der Waals surface area contributed by atoms with Gasteiger partial charge in [-0.15, -0.1) is 0 Å². The van der Waals surface area contributed by atoms with Crippen molar-refractivity contribution in [1.82, 2.24) is 4.98 Å². The van der Waals surface area contributed by atoms with Crippen LogP contribution in [0.4, 0.5) is 8.78 Å². The zero-order valence-electron chi connectivity index (χ0n) is 6.28. The number of rotatable bonds is 2. The summed E-state index contributed by atoms with van der Waals surface area (Å²) in [6.45, 7) is 0. The fourth-order valence-corrected chi connectivity index (χ4v) is 1.98. The molecule has 0 unspecified atom stereocenters. The van der Waals surface area contributed by atoms with Gasteiger partial charge < -0.3 is 4.98 Å². The van der Waals surface area contributed by atoms with Gasteiger partial charge in [-0.3, -0.25) is 4.79 Å². The highest BCUT2D eigenvalue weighted by Crippen LogP contribution is 2.19. The lowest BCUT2D eigenvalue weighted by Crippen LogP contribution is -2.09. The summed E-state index contributed by atoms with van der Waals surface area (Å²) in [5.41, 5.74) is -0.381. The zero-order valence-corrected chi connectivity index (χ0v) is 9.45. The summed E-state index contributed by atoms with van der Waals surface area (Å²) in [4.78, 5) is 13.6. The molecule has 0 aliphatic rings. The summed E-state index contributed by atoms with van der Waals surface area (Å²) in [7, 11) is 0. The molecule has 0 radical (unpaired) electrons. The average molecular weight is 317 g/mol. The van der Waals surface area contributed by atoms with Crippen molar-refractivity contribution in [2.45, 2.75) is 11.8 Å². The number of aromatic nitrogens is 1. The van der Waals surface area contributed by atoms with Crippen LogP contribution in [0.3, 0.4) is 0 Å². The quantitative estimate of drug-likeness (QED) is 0.836. The Bertz CT molecular complexity index is 364. The van der Waals surface area contributed by atoms with Gasteiger partial charge in [0.05, 0.1) is 10.2 Å². The van der Waals surface area contributed by atoms with Gasteiger partial charge in [-0.25, -0.2) is 8.78 Å². The molecule has 1 aromatic heterocycles. The third kappa shape index (κ3) is 2.37. The largest absolute Gasteiger partial charge is 0.356 e. The van der Waals surface area contributed by atoms with E-state index in [2.05, 4.69) is 36.8 Å². The van der Waals surface area contributed by atoms with Crippen molar-refractivity contribution in [2.24, 2.45) is 0 Å². The second-order valence-corrected chi connectivity index (χ2v) is 3.67. The van der Waals surface area contributed by atoms with Crippen molar-refractivity contribution < 1.29 is 8.78 Å². The van der Waals surface area contributed by atoms with Gasteiger partial charge in [0, 0.05) is 17.1 Å². The van der Waals surface area contributed by atoms with E-state index in [0.29, 0.717) is 11.0 Å². The average Bonchev–Trinajstić information content (AvgIpc) is 2.09. The smallest absolute Gasteiger partial charge is 0.278 e. The summed E-state index contributed by atoms with van der Waals surface area (Å²) in [5, 5.41) is 0.323. The molecule has 1 heterocycles. The first-order valence-corrected chi connectivity index (χ1v) is 5.23. The third-order valence-corrected chi connectivity index (χ3v) is 2.86. The molecule has 0 fully saturated rings. The Labute approximate surface area is 89.6 Å². The van der Waals surface area contributed by atoms with Gasteiger partial charge in [-0.1, -0.05) is 15.9 Å². The summed E-state index contributed by atoms with van der Waals surface area (Å²) in [6.07, 6.45) is -2.65. The van der Waals surface area contributed by atoms with Crippen molar-refractivity contribution in [3.63, 3.8) is 0 Å². The highest BCUT2D eigenvalue weighted by molar-refractivity contribution is 9.10. The van der Waals surface area contributed by atoms with Crippen LogP contribution in [0.5, 0.6) is 0 Å². The molecule has 13 heavy (non-hydrogen) atoms. The molecule has 0 saturated heterocycles. The number of pyridine rings is 1. The molecule has 1 N–H and O–H groups in total. The Hall–Kier alpha value is -0.230. The van der Waals surface area contributed by atoms with Crippen LogP contribution in [0, 0.1) is 0 Å². The predicted octanol–water partition coefficient (Wildman–Crippen LogP) is 2.97. The predicted molar refractivity (Wildman–Crippen MR) is 52.4 cm³/mol. The van der Waals surface area contributed by atoms with Crippen LogP contribution in [0.2, 0.25) is 0 Å². The van der Waals surface area contributed by atoms with E-state index in [4.69, 9.17) is 0 Å². The first kappa shape index (κ1) is 10.8. The summed E-state index contributed by atoms with van der Waals surface area (Å²) >= 11 is 6.09. The van der Waals surface area contributed by atoms with Crippen LogP contribution < -0.4 is 5.43 Å². The maximum absolute atomic E-state index is 12.2. The van der Waals surface area contributed by atoms with E-state index in [1.54, 1.807) is 0 Å². The van der Waals surface area contributed by atoms with Crippen LogP contribution in [-0.2, 0) is 5.33 Å². The maximum atomic E-state index is 12.2. The normalized spacial score (nSPS) is 10.8. The summed E-state index contributed by atoms with van der Waals surface area (Å²) < 4.78 is 24.7. The first-order chi connectivity index (χ1) is 6.06. The number of nitrogens with one attached hydrogen (secondary N) is 1. The maximum Gasteiger partial charge on any atom is 0.278 e. The van der Waals surface area contributed by atoms with Crippen LogP contribution >= 0.6 is 31.9 Å².